The van der Waals surface area contributed by atoms with Gasteiger partial charge in [0.2, 0.25) is 10.0 Å². The van der Waals surface area contributed by atoms with Crippen LogP contribution in [0.4, 0.5) is 5.69 Å². The number of carbonyl (C=O) groups is 1. The summed E-state index contributed by atoms with van der Waals surface area (Å²) >= 11 is 8.00. The molecule has 2 aromatic carbocycles. The number of nitrogens with zero attached hydrogens (tertiary/aromatic N) is 2. The van der Waals surface area contributed by atoms with Crippen molar-refractivity contribution < 1.29 is 23.1 Å². The summed E-state index contributed by atoms with van der Waals surface area (Å²) in [4.78, 5) is 20.1. The van der Waals surface area contributed by atoms with E-state index in [0.717, 1.165) is 54.2 Å². The van der Waals surface area contributed by atoms with Crippen molar-refractivity contribution in [1.82, 2.24) is 9.71 Å². The second-order valence-corrected chi connectivity index (χ2v) is 17.3. The Kier molecular flexibility index (Phi) is 9.78. The first-order valence-electron chi connectivity index (χ1n) is 16.6. The SMILES string of the molecule is CC/C=C/[C@](O)(Cc1nccs1)[C@@H]1CC[C@H]1CN1C[C@@]2(CCCc3cc(Cl)ccc32)COc2ccc(C(=O)NS(=O)(=O)C(C)C)cc21. The van der Waals surface area contributed by atoms with Crippen molar-refractivity contribution in [3.8, 4) is 5.75 Å². The number of hydrogen-bond acceptors (Lipinski definition) is 8. The molecule has 1 spiro atoms. The van der Waals surface area contributed by atoms with Crippen molar-refractivity contribution in [2.75, 3.05) is 24.6 Å². The van der Waals surface area contributed by atoms with E-state index in [0.29, 0.717) is 31.9 Å². The number of aliphatic hydroxyl groups is 1. The molecule has 2 N–H and O–H groups in total. The molecule has 1 aliphatic heterocycles. The van der Waals surface area contributed by atoms with E-state index in [-0.39, 0.29) is 22.8 Å². The number of thiazole rings is 1. The first kappa shape index (κ1) is 34.0. The van der Waals surface area contributed by atoms with Gasteiger partial charge in [0, 0.05) is 47.1 Å². The van der Waals surface area contributed by atoms with Gasteiger partial charge >= 0.3 is 0 Å². The van der Waals surface area contributed by atoms with Crippen LogP contribution in [-0.2, 0) is 28.3 Å². The van der Waals surface area contributed by atoms with Crippen molar-refractivity contribution >= 4 is 44.6 Å². The first-order chi connectivity index (χ1) is 22.4. The molecule has 2 heterocycles. The van der Waals surface area contributed by atoms with Gasteiger partial charge in [-0.2, -0.15) is 0 Å². The van der Waals surface area contributed by atoms with E-state index in [4.69, 9.17) is 16.3 Å². The Labute approximate surface area is 287 Å². The number of nitrogens with one attached hydrogen (secondary N) is 1. The molecule has 2 aliphatic carbocycles. The molecular weight excluding hydrogens is 654 g/mol. The van der Waals surface area contributed by atoms with E-state index in [9.17, 15) is 18.3 Å². The molecule has 3 aliphatic rings. The molecule has 6 rings (SSSR count). The Morgan fingerprint density at radius 3 is 2.81 bits per heavy atom. The molecule has 4 atom stereocenters. The topological polar surface area (TPSA) is 109 Å². The van der Waals surface area contributed by atoms with Crippen LogP contribution in [0, 0.1) is 11.8 Å². The van der Waals surface area contributed by atoms with Gasteiger partial charge in [-0.15, -0.1) is 11.3 Å². The van der Waals surface area contributed by atoms with E-state index in [1.807, 2.05) is 23.6 Å². The van der Waals surface area contributed by atoms with Crippen LogP contribution in [0.15, 0.2) is 60.1 Å². The number of rotatable bonds is 10. The number of allylic oxidation sites excluding steroid dienone is 1. The molecule has 1 fully saturated rings. The molecule has 47 heavy (non-hydrogen) atoms. The highest BCUT2D eigenvalue weighted by atomic mass is 35.5. The van der Waals surface area contributed by atoms with Crippen LogP contribution in [0.5, 0.6) is 5.75 Å². The number of benzene rings is 2. The smallest absolute Gasteiger partial charge is 0.264 e. The number of carbonyl (C=O) groups excluding carboxylic acids is 1. The number of anilines is 1. The Morgan fingerprint density at radius 2 is 2.11 bits per heavy atom. The highest BCUT2D eigenvalue weighted by Crippen LogP contribution is 2.49. The molecule has 0 unspecified atom stereocenters. The Hall–Kier alpha value is -2.92. The molecule has 8 nitrogen and oxygen atoms in total. The van der Waals surface area contributed by atoms with Gasteiger partial charge in [0.25, 0.3) is 5.91 Å². The first-order valence-corrected chi connectivity index (χ1v) is 19.4. The molecule has 0 radical (unpaired) electrons. The lowest BCUT2D eigenvalue weighted by Crippen LogP contribution is -2.53. The maximum Gasteiger partial charge on any atom is 0.264 e. The monoisotopic (exact) mass is 697 g/mol. The number of aryl methyl sites for hydroxylation is 1. The Morgan fingerprint density at radius 1 is 1.28 bits per heavy atom. The summed E-state index contributed by atoms with van der Waals surface area (Å²) in [5.74, 6) is 0.197. The van der Waals surface area contributed by atoms with Gasteiger partial charge in [0.1, 0.15) is 5.75 Å². The number of ether oxygens (including phenoxy) is 1. The van der Waals surface area contributed by atoms with Crippen LogP contribution in [0.2, 0.25) is 5.02 Å². The average Bonchev–Trinajstić information content (AvgIpc) is 3.47. The molecule has 0 saturated heterocycles. The van der Waals surface area contributed by atoms with Gasteiger partial charge in [0.05, 0.1) is 28.2 Å². The highest BCUT2D eigenvalue weighted by molar-refractivity contribution is 7.90. The van der Waals surface area contributed by atoms with Gasteiger partial charge in [-0.05, 0) is 106 Å². The molecule has 1 saturated carbocycles. The predicted octanol–water partition coefficient (Wildman–Crippen LogP) is 6.70. The van der Waals surface area contributed by atoms with E-state index in [2.05, 4.69) is 33.7 Å². The molecule has 0 bridgehead atoms. The van der Waals surface area contributed by atoms with Crippen LogP contribution in [0.1, 0.15) is 79.4 Å². The van der Waals surface area contributed by atoms with E-state index in [1.54, 1.807) is 35.7 Å². The van der Waals surface area contributed by atoms with Gasteiger partial charge in [-0.3, -0.25) is 4.79 Å². The lowest BCUT2D eigenvalue weighted by Gasteiger charge is -2.49. The Balaban J connectivity index is 1.37. The van der Waals surface area contributed by atoms with Crippen LogP contribution in [0.25, 0.3) is 0 Å². The van der Waals surface area contributed by atoms with Gasteiger partial charge in [0.15, 0.2) is 0 Å². The van der Waals surface area contributed by atoms with Gasteiger partial charge in [-0.25, -0.2) is 18.1 Å². The maximum atomic E-state index is 13.3. The predicted molar refractivity (Wildman–Crippen MR) is 188 cm³/mol. The number of fused-ring (bicyclic) bond motifs is 3. The Bertz CT molecular complexity index is 1740. The highest BCUT2D eigenvalue weighted by Gasteiger charge is 2.48. The third kappa shape index (κ3) is 6.98. The lowest BCUT2D eigenvalue weighted by molar-refractivity contribution is -0.0446. The second kappa shape index (κ2) is 13.5. The number of sulfonamides is 1. The molecular formula is C36H44ClN3O5S2. The summed E-state index contributed by atoms with van der Waals surface area (Å²) in [6.07, 6.45) is 11.9. The van der Waals surface area contributed by atoms with Crippen molar-refractivity contribution in [2.24, 2.45) is 11.8 Å². The summed E-state index contributed by atoms with van der Waals surface area (Å²) in [6.45, 7) is 6.93. The molecule has 252 valence electrons. The van der Waals surface area contributed by atoms with Crippen molar-refractivity contribution in [3.63, 3.8) is 0 Å². The third-order valence-corrected chi connectivity index (χ3v) is 13.0. The average molecular weight is 698 g/mol. The van der Waals surface area contributed by atoms with Crippen molar-refractivity contribution in [3.05, 3.63) is 86.8 Å². The maximum absolute atomic E-state index is 13.3. The molecule has 11 heteroatoms. The van der Waals surface area contributed by atoms with Gasteiger partial charge < -0.3 is 14.7 Å². The summed E-state index contributed by atoms with van der Waals surface area (Å²) < 4.78 is 34.0. The zero-order valence-electron chi connectivity index (χ0n) is 27.2. The zero-order valence-corrected chi connectivity index (χ0v) is 29.6. The number of halogens is 1. The third-order valence-electron chi connectivity index (χ3n) is 10.2. The molecule has 1 aromatic heterocycles. The minimum Gasteiger partial charge on any atom is -0.490 e. The van der Waals surface area contributed by atoms with Gasteiger partial charge in [-0.1, -0.05) is 36.7 Å². The fourth-order valence-electron chi connectivity index (χ4n) is 7.51. The minimum absolute atomic E-state index is 0.0258. The van der Waals surface area contributed by atoms with Crippen LogP contribution >= 0.6 is 22.9 Å². The van der Waals surface area contributed by atoms with E-state index >= 15 is 0 Å². The molecule has 1 amide bonds. The largest absolute Gasteiger partial charge is 0.490 e. The molecule has 3 aromatic rings. The number of hydrogen-bond donors (Lipinski definition) is 2. The number of amides is 1. The second-order valence-electron chi connectivity index (χ2n) is 13.7. The van der Waals surface area contributed by atoms with Crippen LogP contribution in [-0.4, -0.2) is 55.0 Å². The summed E-state index contributed by atoms with van der Waals surface area (Å²) in [5.41, 5.74) is 2.16. The summed E-state index contributed by atoms with van der Waals surface area (Å²) in [7, 11) is -3.81. The quantitative estimate of drug-likeness (QED) is 0.227. The normalized spacial score (nSPS) is 23.8. The summed E-state index contributed by atoms with van der Waals surface area (Å²) in [6, 6.07) is 11.3. The van der Waals surface area contributed by atoms with E-state index in [1.165, 1.54) is 25.0 Å². The fraction of sp³-hybridized carbons (Fsp3) is 0.500. The summed E-state index contributed by atoms with van der Waals surface area (Å²) in [5, 5.41) is 15.0. The van der Waals surface area contributed by atoms with Crippen LogP contribution < -0.4 is 14.4 Å². The van der Waals surface area contributed by atoms with Crippen molar-refractivity contribution in [2.45, 2.75) is 82.0 Å². The van der Waals surface area contributed by atoms with Crippen molar-refractivity contribution in [1.29, 1.82) is 0 Å². The zero-order chi connectivity index (χ0) is 33.4. The minimum atomic E-state index is -3.81. The lowest BCUT2D eigenvalue weighted by atomic mass is 9.63. The van der Waals surface area contributed by atoms with Crippen LogP contribution in [0.3, 0.4) is 0 Å². The standard InChI is InChI=1S/C36H44ClN3O5S2/c1-4-5-15-36(42,20-33-38-16-17-46-33)30-11-8-27(30)21-40-22-35(14-6-7-25-18-28(37)10-12-29(25)35)23-45-32-13-9-26(19-31(32)40)34(41)39-47(43,44)24(2)3/h5,9-10,12-13,15-19,24,27,30,42H,4,6-8,11,14,20-23H2,1-3H3,(H,39,41)/b15-5+/t27-,30+,35-,36-/m0/s1. The van der Waals surface area contributed by atoms with E-state index < -0.39 is 26.8 Å². The number of aromatic nitrogens is 1. The fourth-order valence-corrected chi connectivity index (χ4v) is 9.03.